The predicted octanol–water partition coefficient (Wildman–Crippen LogP) is 11.2. The van der Waals surface area contributed by atoms with Crippen LogP contribution in [0.4, 0.5) is 0 Å². The molecule has 0 saturated heterocycles. The van der Waals surface area contributed by atoms with E-state index in [0.717, 1.165) is 0 Å². The second kappa shape index (κ2) is 16.3. The molecule has 0 unspecified atom stereocenters. The van der Waals surface area contributed by atoms with Crippen molar-refractivity contribution in [3.05, 3.63) is 16.0 Å². The van der Waals surface area contributed by atoms with E-state index in [9.17, 15) is 0 Å². The van der Waals surface area contributed by atoms with Crippen LogP contribution in [0.25, 0.3) is 9.40 Å². The van der Waals surface area contributed by atoms with Crippen LogP contribution in [0.15, 0.2) is 0 Å². The standard InChI is InChI=1S/C27H45S2.3CH3.Sn/c1-4-6-8-10-12-14-16-18-20-24-22-28-27-25(23(3)29-26(24)27)21-19-17-15-13-11-9-7-5-2;;;;/h4-21H2,1-3H3;3*1H3;. The normalized spacial score (nSPS) is 12.3. The van der Waals surface area contributed by atoms with Crippen LogP contribution in [0.5, 0.6) is 0 Å². The number of aryl methyl sites for hydroxylation is 3. The fourth-order valence-electron chi connectivity index (χ4n) is 5.13. The Labute approximate surface area is 219 Å². The molecule has 190 valence electrons. The Morgan fingerprint density at radius 1 is 0.515 bits per heavy atom. The predicted molar refractivity (Wildman–Crippen MR) is 160 cm³/mol. The van der Waals surface area contributed by atoms with Crippen LogP contribution in [-0.2, 0) is 12.8 Å². The molecular formula is C30H54S2Sn. The molecule has 33 heavy (non-hydrogen) atoms. The summed E-state index contributed by atoms with van der Waals surface area (Å²) in [5.74, 6) is 0. The first kappa shape index (κ1) is 29.7. The van der Waals surface area contributed by atoms with Gasteiger partial charge in [0.2, 0.25) is 0 Å². The van der Waals surface area contributed by atoms with Gasteiger partial charge in [0.1, 0.15) is 0 Å². The fourth-order valence-corrected chi connectivity index (χ4v) is 15.2. The monoisotopic (exact) mass is 598 g/mol. The Morgan fingerprint density at radius 2 is 0.909 bits per heavy atom. The molecule has 0 saturated carbocycles. The summed E-state index contributed by atoms with van der Waals surface area (Å²) in [6.45, 7) is 7.02. The van der Waals surface area contributed by atoms with Crippen molar-refractivity contribution in [1.29, 1.82) is 0 Å². The zero-order valence-corrected chi connectivity index (χ0v) is 27.5. The van der Waals surface area contributed by atoms with E-state index in [1.54, 1.807) is 25.4 Å². The third-order valence-corrected chi connectivity index (χ3v) is 19.3. The van der Waals surface area contributed by atoms with E-state index in [1.165, 1.54) is 116 Å². The van der Waals surface area contributed by atoms with Gasteiger partial charge in [0.15, 0.2) is 0 Å². The molecule has 0 aliphatic carbocycles. The second-order valence-electron chi connectivity index (χ2n) is 11.4. The number of thiophene rings is 2. The van der Waals surface area contributed by atoms with Crippen LogP contribution < -0.4 is 2.89 Å². The summed E-state index contributed by atoms with van der Waals surface area (Å²) in [6.07, 6.45) is 25.4. The van der Waals surface area contributed by atoms with Crippen LogP contribution >= 0.6 is 22.7 Å². The number of hydrogen-bond acceptors (Lipinski definition) is 2. The van der Waals surface area contributed by atoms with E-state index in [1.807, 2.05) is 2.89 Å². The molecule has 0 radical (unpaired) electrons. The number of rotatable bonds is 19. The summed E-state index contributed by atoms with van der Waals surface area (Å²) in [4.78, 5) is 9.51. The molecule has 0 nitrogen and oxygen atoms in total. The molecule has 0 aliphatic rings. The first-order valence-corrected chi connectivity index (χ1v) is 26.1. The van der Waals surface area contributed by atoms with Crippen molar-refractivity contribution in [2.45, 2.75) is 151 Å². The molecule has 0 aliphatic heterocycles. The molecule has 0 N–H and O–H groups in total. The maximum atomic E-state index is 2.63. The fraction of sp³-hybridized carbons (Fsp3) is 0.800. The van der Waals surface area contributed by atoms with Crippen LogP contribution in [0.2, 0.25) is 14.8 Å². The van der Waals surface area contributed by atoms with Crippen LogP contribution in [-0.4, -0.2) is 18.4 Å². The zero-order chi connectivity index (χ0) is 24.1. The topological polar surface area (TPSA) is 0 Å². The number of hydrogen-bond donors (Lipinski definition) is 0. The zero-order valence-electron chi connectivity index (χ0n) is 23.0. The van der Waals surface area contributed by atoms with Crippen LogP contribution in [0.1, 0.15) is 133 Å². The third-order valence-electron chi connectivity index (χ3n) is 7.15. The minimum absolute atomic E-state index is 1.32. The van der Waals surface area contributed by atoms with Gasteiger partial charge in [-0.1, -0.05) is 13.3 Å². The Bertz CT molecular complexity index is 777. The molecule has 0 spiro atoms. The van der Waals surface area contributed by atoms with Crippen LogP contribution in [0, 0.1) is 6.92 Å². The Morgan fingerprint density at radius 3 is 1.36 bits per heavy atom. The average Bonchev–Trinajstić information content (AvgIpc) is 3.27. The second-order valence-corrected chi connectivity index (χ2v) is 29.0. The molecule has 2 heterocycles. The van der Waals surface area contributed by atoms with E-state index >= 15 is 0 Å². The molecule has 0 atom stereocenters. The van der Waals surface area contributed by atoms with Gasteiger partial charge in [-0.15, -0.1) is 0 Å². The van der Waals surface area contributed by atoms with E-state index in [4.69, 9.17) is 0 Å². The van der Waals surface area contributed by atoms with E-state index in [-0.39, 0.29) is 0 Å². The Balaban J connectivity index is 1.93. The van der Waals surface area contributed by atoms with Gasteiger partial charge in [-0.2, -0.15) is 0 Å². The first-order chi connectivity index (χ1) is 15.9. The summed E-state index contributed by atoms with van der Waals surface area (Å²) < 4.78 is 5.29. The van der Waals surface area contributed by atoms with Gasteiger partial charge in [0, 0.05) is 0 Å². The minimum atomic E-state index is -2.09. The van der Waals surface area contributed by atoms with E-state index < -0.39 is 18.4 Å². The molecule has 0 aromatic carbocycles. The Kier molecular flexibility index (Phi) is 14.6. The van der Waals surface area contributed by atoms with Crippen molar-refractivity contribution in [1.82, 2.24) is 0 Å². The van der Waals surface area contributed by atoms with Crippen molar-refractivity contribution >= 4 is 53.3 Å². The molecule has 2 aromatic rings. The van der Waals surface area contributed by atoms with Crippen molar-refractivity contribution < 1.29 is 0 Å². The maximum absolute atomic E-state index is 2.63. The van der Waals surface area contributed by atoms with Gasteiger partial charge in [-0.3, -0.25) is 0 Å². The van der Waals surface area contributed by atoms with E-state index in [2.05, 4.69) is 58.3 Å². The average molecular weight is 598 g/mol. The van der Waals surface area contributed by atoms with Gasteiger partial charge >= 0.3 is 207 Å². The molecule has 2 aromatic heterocycles. The van der Waals surface area contributed by atoms with Crippen molar-refractivity contribution in [2.24, 2.45) is 0 Å². The SMILES string of the molecule is CCCCCCCCCCc1c(C)sc2c(CCCCCCCCCC)[c]([Sn]([CH3])([CH3])[CH3])sc12. The molecule has 0 amide bonds. The van der Waals surface area contributed by atoms with Gasteiger partial charge in [-0.25, -0.2) is 0 Å². The van der Waals surface area contributed by atoms with Gasteiger partial charge < -0.3 is 0 Å². The third kappa shape index (κ3) is 10.2. The summed E-state index contributed by atoms with van der Waals surface area (Å²) >= 11 is 2.29. The Hall–Kier alpha value is 0.459. The van der Waals surface area contributed by atoms with Gasteiger partial charge in [0.25, 0.3) is 0 Å². The van der Waals surface area contributed by atoms with Crippen LogP contribution in [0.3, 0.4) is 0 Å². The molecule has 2 rings (SSSR count). The molecular weight excluding hydrogens is 543 g/mol. The first-order valence-electron chi connectivity index (χ1n) is 14.4. The molecule has 3 heteroatoms. The summed E-state index contributed by atoms with van der Waals surface area (Å²) in [7, 11) is 0. The molecule has 0 bridgehead atoms. The van der Waals surface area contributed by atoms with Gasteiger partial charge in [-0.05, 0) is 0 Å². The summed E-state index contributed by atoms with van der Waals surface area (Å²) in [5.41, 5.74) is 3.53. The summed E-state index contributed by atoms with van der Waals surface area (Å²) in [6, 6.07) is 0. The quantitative estimate of drug-likeness (QED) is 0.112. The van der Waals surface area contributed by atoms with Crippen molar-refractivity contribution in [3.63, 3.8) is 0 Å². The van der Waals surface area contributed by atoms with Crippen molar-refractivity contribution in [2.75, 3.05) is 0 Å². The van der Waals surface area contributed by atoms with E-state index in [0.29, 0.717) is 0 Å². The molecule has 0 fully saturated rings. The summed E-state index contributed by atoms with van der Waals surface area (Å²) in [5, 5.41) is 0. The number of unbranched alkanes of at least 4 members (excludes halogenated alkanes) is 14. The van der Waals surface area contributed by atoms with Gasteiger partial charge in [0.05, 0.1) is 0 Å². The number of fused-ring (bicyclic) bond motifs is 1. The van der Waals surface area contributed by atoms with Crippen molar-refractivity contribution in [3.8, 4) is 0 Å².